The molecule has 5 heteroatoms. The molecule has 2 rings (SSSR count). The Balaban J connectivity index is 2.16. The second-order valence-electron chi connectivity index (χ2n) is 6.56. The topological polar surface area (TPSA) is 71.3 Å². The minimum absolute atomic E-state index is 0.0189. The smallest absolute Gasteiger partial charge is 0.263 e. The van der Waals surface area contributed by atoms with E-state index in [1.165, 1.54) is 0 Å². The molecule has 1 atom stereocenters. The summed E-state index contributed by atoms with van der Waals surface area (Å²) in [5.74, 6) is 0.224. The van der Waals surface area contributed by atoms with Crippen LogP contribution in [0.25, 0.3) is 0 Å². The maximum Gasteiger partial charge on any atom is 0.263 e. The standard InChI is InChI=1S/C17H26N2O3/c1-5-14(11-8-12(20)9-11)18-16(21)13-6-7-15(10(2)3)19(4)17(13)22/h6-7,10-12,14,20H,5,8-9H2,1-4H3,(H,18,21)/t11?,12?,14-/m0/s1. The highest BCUT2D eigenvalue weighted by Gasteiger charge is 2.34. The van der Waals surface area contributed by atoms with Crippen molar-refractivity contribution in [1.82, 2.24) is 9.88 Å². The van der Waals surface area contributed by atoms with Gasteiger partial charge in [0.25, 0.3) is 11.5 Å². The van der Waals surface area contributed by atoms with Gasteiger partial charge in [-0.25, -0.2) is 0 Å². The van der Waals surface area contributed by atoms with Crippen LogP contribution in [0.2, 0.25) is 0 Å². The van der Waals surface area contributed by atoms with E-state index in [4.69, 9.17) is 0 Å². The van der Waals surface area contributed by atoms with Crippen molar-refractivity contribution in [2.45, 2.75) is 58.1 Å². The van der Waals surface area contributed by atoms with Crippen molar-refractivity contribution in [3.63, 3.8) is 0 Å². The lowest BCUT2D eigenvalue weighted by atomic mass is 9.76. The van der Waals surface area contributed by atoms with Gasteiger partial charge in [0, 0.05) is 18.8 Å². The first kappa shape index (κ1) is 16.7. The summed E-state index contributed by atoms with van der Waals surface area (Å²) in [6.45, 7) is 6.04. The van der Waals surface area contributed by atoms with E-state index in [1.54, 1.807) is 17.7 Å². The van der Waals surface area contributed by atoms with Crippen molar-refractivity contribution in [1.29, 1.82) is 0 Å². The molecule has 22 heavy (non-hydrogen) atoms. The average Bonchev–Trinajstić information content (AvgIpc) is 2.43. The lowest BCUT2D eigenvalue weighted by Gasteiger charge is -2.37. The van der Waals surface area contributed by atoms with Gasteiger partial charge < -0.3 is 15.0 Å². The highest BCUT2D eigenvalue weighted by molar-refractivity contribution is 5.94. The number of carbonyl (C=O) groups excluding carboxylic acids is 1. The molecule has 0 spiro atoms. The molecule has 1 aliphatic rings. The van der Waals surface area contributed by atoms with Crippen molar-refractivity contribution >= 4 is 5.91 Å². The maximum atomic E-state index is 12.4. The zero-order valence-corrected chi connectivity index (χ0v) is 13.8. The maximum absolute atomic E-state index is 12.4. The van der Waals surface area contributed by atoms with Crippen LogP contribution >= 0.6 is 0 Å². The number of amides is 1. The molecule has 5 nitrogen and oxygen atoms in total. The minimum Gasteiger partial charge on any atom is -0.393 e. The Bertz CT molecular complexity index is 600. The monoisotopic (exact) mass is 306 g/mol. The Morgan fingerprint density at radius 1 is 1.41 bits per heavy atom. The van der Waals surface area contributed by atoms with Crippen LogP contribution in [0, 0.1) is 5.92 Å². The summed E-state index contributed by atoms with van der Waals surface area (Å²) in [4.78, 5) is 24.8. The molecule has 1 fully saturated rings. The fourth-order valence-electron chi connectivity index (χ4n) is 3.16. The van der Waals surface area contributed by atoms with E-state index in [0.717, 1.165) is 25.0 Å². The van der Waals surface area contributed by atoms with Gasteiger partial charge in [0.2, 0.25) is 0 Å². The molecule has 0 aromatic carbocycles. The molecule has 0 bridgehead atoms. The fourth-order valence-corrected chi connectivity index (χ4v) is 3.16. The van der Waals surface area contributed by atoms with E-state index in [9.17, 15) is 14.7 Å². The molecular formula is C17H26N2O3. The average molecular weight is 306 g/mol. The Kier molecular flexibility index (Phi) is 5.06. The summed E-state index contributed by atoms with van der Waals surface area (Å²) >= 11 is 0. The van der Waals surface area contributed by atoms with E-state index >= 15 is 0 Å². The van der Waals surface area contributed by atoms with Crippen LogP contribution in [-0.4, -0.2) is 27.7 Å². The summed E-state index contributed by atoms with van der Waals surface area (Å²) in [7, 11) is 1.70. The van der Waals surface area contributed by atoms with Crippen molar-refractivity contribution in [2.75, 3.05) is 0 Å². The fraction of sp³-hybridized carbons (Fsp3) is 0.647. The van der Waals surface area contributed by atoms with Gasteiger partial charge in [-0.1, -0.05) is 20.8 Å². The van der Waals surface area contributed by atoms with Gasteiger partial charge in [0.1, 0.15) is 5.56 Å². The van der Waals surface area contributed by atoms with Crippen molar-refractivity contribution in [3.8, 4) is 0 Å². The Hall–Kier alpha value is -1.62. The number of hydrogen-bond acceptors (Lipinski definition) is 3. The number of nitrogens with zero attached hydrogens (tertiary/aromatic N) is 1. The van der Waals surface area contributed by atoms with Crippen LogP contribution in [-0.2, 0) is 7.05 Å². The normalized spacial score (nSPS) is 22.3. The van der Waals surface area contributed by atoms with Gasteiger partial charge in [-0.3, -0.25) is 9.59 Å². The Morgan fingerprint density at radius 3 is 2.55 bits per heavy atom. The largest absolute Gasteiger partial charge is 0.393 e. The first-order valence-corrected chi connectivity index (χ1v) is 8.04. The van der Waals surface area contributed by atoms with Gasteiger partial charge in [-0.15, -0.1) is 0 Å². The predicted molar refractivity (Wildman–Crippen MR) is 86.0 cm³/mol. The number of nitrogens with one attached hydrogen (secondary N) is 1. The number of aliphatic hydroxyl groups excluding tert-OH is 1. The Labute approximate surface area is 131 Å². The van der Waals surface area contributed by atoms with Gasteiger partial charge >= 0.3 is 0 Å². The predicted octanol–water partition coefficient (Wildman–Crippen LogP) is 1.79. The van der Waals surface area contributed by atoms with Crippen LogP contribution in [0.3, 0.4) is 0 Å². The molecule has 0 aliphatic heterocycles. The third-order valence-corrected chi connectivity index (χ3v) is 4.65. The molecule has 122 valence electrons. The minimum atomic E-state index is -0.316. The number of hydrogen-bond donors (Lipinski definition) is 2. The van der Waals surface area contributed by atoms with Gasteiger partial charge in [0.15, 0.2) is 0 Å². The molecule has 1 saturated carbocycles. The quantitative estimate of drug-likeness (QED) is 0.871. The summed E-state index contributed by atoms with van der Waals surface area (Å²) in [6, 6.07) is 3.48. The number of rotatable bonds is 5. The highest BCUT2D eigenvalue weighted by atomic mass is 16.3. The van der Waals surface area contributed by atoms with E-state index in [1.807, 2.05) is 26.8 Å². The summed E-state index contributed by atoms with van der Waals surface area (Å²) in [5.41, 5.74) is 0.841. The van der Waals surface area contributed by atoms with E-state index in [-0.39, 0.29) is 35.1 Å². The summed E-state index contributed by atoms with van der Waals surface area (Å²) in [5, 5.41) is 12.4. The van der Waals surface area contributed by atoms with Crippen molar-refractivity contribution in [3.05, 3.63) is 33.7 Å². The van der Waals surface area contributed by atoms with E-state index in [2.05, 4.69) is 5.32 Å². The SMILES string of the molecule is CC[C@H](NC(=O)c1ccc(C(C)C)n(C)c1=O)C1CC(O)C1. The molecule has 1 heterocycles. The molecule has 1 aromatic rings. The van der Waals surface area contributed by atoms with Crippen LogP contribution in [0.4, 0.5) is 0 Å². The molecule has 2 N–H and O–H groups in total. The van der Waals surface area contributed by atoms with Crippen LogP contribution in [0.15, 0.2) is 16.9 Å². The Morgan fingerprint density at radius 2 is 2.05 bits per heavy atom. The van der Waals surface area contributed by atoms with Gasteiger partial charge in [0.05, 0.1) is 6.10 Å². The number of aliphatic hydroxyl groups is 1. The second kappa shape index (κ2) is 6.65. The molecule has 0 radical (unpaired) electrons. The van der Waals surface area contributed by atoms with Crippen molar-refractivity contribution < 1.29 is 9.90 Å². The number of carbonyl (C=O) groups is 1. The van der Waals surface area contributed by atoms with Gasteiger partial charge in [-0.2, -0.15) is 0 Å². The molecule has 1 aromatic heterocycles. The highest BCUT2D eigenvalue weighted by Crippen LogP contribution is 2.31. The summed E-state index contributed by atoms with van der Waals surface area (Å²) < 4.78 is 1.55. The first-order valence-electron chi connectivity index (χ1n) is 8.04. The van der Waals surface area contributed by atoms with Crippen LogP contribution < -0.4 is 10.9 Å². The van der Waals surface area contributed by atoms with Crippen LogP contribution in [0.1, 0.15) is 62.0 Å². The molecule has 1 amide bonds. The lowest BCUT2D eigenvalue weighted by molar-refractivity contribution is 0.0232. The molecule has 0 unspecified atom stereocenters. The van der Waals surface area contributed by atoms with Gasteiger partial charge in [-0.05, 0) is 43.2 Å². The number of pyridine rings is 1. The molecular weight excluding hydrogens is 280 g/mol. The first-order chi connectivity index (χ1) is 10.3. The zero-order chi connectivity index (χ0) is 16.4. The lowest BCUT2D eigenvalue weighted by Crippen LogP contribution is -2.47. The van der Waals surface area contributed by atoms with E-state index < -0.39 is 0 Å². The van der Waals surface area contributed by atoms with E-state index in [0.29, 0.717) is 5.92 Å². The van der Waals surface area contributed by atoms with Crippen molar-refractivity contribution in [2.24, 2.45) is 13.0 Å². The summed E-state index contributed by atoms with van der Waals surface area (Å²) in [6.07, 6.45) is 2.01. The second-order valence-corrected chi connectivity index (χ2v) is 6.56. The third kappa shape index (κ3) is 3.24. The third-order valence-electron chi connectivity index (χ3n) is 4.65. The molecule has 1 aliphatic carbocycles. The number of aromatic nitrogens is 1. The zero-order valence-electron chi connectivity index (χ0n) is 13.8. The van der Waals surface area contributed by atoms with Crippen LogP contribution in [0.5, 0.6) is 0 Å². The molecule has 0 saturated heterocycles.